The lowest BCUT2D eigenvalue weighted by atomic mass is 10.1. The molecule has 0 spiro atoms. The molecule has 1 atom stereocenters. The van der Waals surface area contributed by atoms with E-state index in [1.807, 2.05) is 6.92 Å². The van der Waals surface area contributed by atoms with Crippen molar-refractivity contribution >= 4 is 39.1 Å². The standard InChI is InChI=1S/C28H31ClFN3O4S/c1-3-18-31-28(35)25(4-2)32(19-21-12-8-9-15-23(21)29)27(34)20-33(26-17-11-10-16-24(26)30)38(36,37)22-13-6-5-7-14-22/h5-17,25H,3-4,18-20H2,1-2H3,(H,31,35)/t25-/m1/s1. The minimum Gasteiger partial charge on any atom is -0.354 e. The Morgan fingerprint density at radius 3 is 2.21 bits per heavy atom. The zero-order valence-corrected chi connectivity index (χ0v) is 22.9. The normalized spacial score (nSPS) is 12.0. The van der Waals surface area contributed by atoms with Crippen LogP contribution in [0.1, 0.15) is 32.3 Å². The Labute approximate surface area is 228 Å². The van der Waals surface area contributed by atoms with Crippen molar-refractivity contribution in [1.82, 2.24) is 10.2 Å². The van der Waals surface area contributed by atoms with Crippen molar-refractivity contribution in [2.45, 2.75) is 44.2 Å². The number of hydrogen-bond acceptors (Lipinski definition) is 4. The predicted octanol–water partition coefficient (Wildman–Crippen LogP) is 5.01. The third-order valence-electron chi connectivity index (χ3n) is 5.96. The van der Waals surface area contributed by atoms with Gasteiger partial charge in [0.1, 0.15) is 18.4 Å². The Morgan fingerprint density at radius 2 is 1.58 bits per heavy atom. The number of anilines is 1. The monoisotopic (exact) mass is 559 g/mol. The van der Waals surface area contributed by atoms with Crippen molar-refractivity contribution < 1.29 is 22.4 Å². The van der Waals surface area contributed by atoms with Crippen molar-refractivity contribution in [2.75, 3.05) is 17.4 Å². The van der Waals surface area contributed by atoms with E-state index in [0.717, 1.165) is 10.4 Å². The van der Waals surface area contributed by atoms with Gasteiger partial charge in [0.15, 0.2) is 0 Å². The molecule has 0 aliphatic carbocycles. The van der Waals surface area contributed by atoms with Crippen LogP contribution in [0.2, 0.25) is 5.02 Å². The van der Waals surface area contributed by atoms with Gasteiger partial charge in [0, 0.05) is 18.1 Å². The molecule has 0 saturated heterocycles. The summed E-state index contributed by atoms with van der Waals surface area (Å²) in [5.74, 6) is -1.84. The van der Waals surface area contributed by atoms with Crippen molar-refractivity contribution in [2.24, 2.45) is 0 Å². The highest BCUT2D eigenvalue weighted by molar-refractivity contribution is 7.92. The van der Waals surface area contributed by atoms with Crippen LogP contribution in [0.25, 0.3) is 0 Å². The average molecular weight is 560 g/mol. The molecule has 202 valence electrons. The molecule has 0 unspecified atom stereocenters. The second-order valence-corrected chi connectivity index (χ2v) is 10.9. The molecule has 38 heavy (non-hydrogen) atoms. The maximum absolute atomic E-state index is 14.9. The molecule has 0 aliphatic heterocycles. The van der Waals surface area contributed by atoms with Gasteiger partial charge >= 0.3 is 0 Å². The van der Waals surface area contributed by atoms with Gasteiger partial charge < -0.3 is 10.2 Å². The molecule has 3 rings (SSSR count). The van der Waals surface area contributed by atoms with E-state index in [1.54, 1.807) is 49.4 Å². The molecule has 1 N–H and O–H groups in total. The fraction of sp³-hybridized carbons (Fsp3) is 0.286. The molecule has 0 fully saturated rings. The minimum atomic E-state index is -4.33. The van der Waals surface area contributed by atoms with Gasteiger partial charge in [0.05, 0.1) is 10.6 Å². The number of amides is 2. The average Bonchev–Trinajstić information content (AvgIpc) is 2.92. The Hall–Kier alpha value is -3.43. The summed E-state index contributed by atoms with van der Waals surface area (Å²) in [4.78, 5) is 28.1. The molecule has 10 heteroatoms. The van der Waals surface area contributed by atoms with E-state index in [-0.39, 0.29) is 29.5 Å². The number of sulfonamides is 1. The molecule has 0 bridgehead atoms. The summed E-state index contributed by atoms with van der Waals surface area (Å²) in [7, 11) is -4.33. The summed E-state index contributed by atoms with van der Waals surface area (Å²) in [6.45, 7) is 3.34. The highest BCUT2D eigenvalue weighted by Gasteiger charge is 2.34. The van der Waals surface area contributed by atoms with E-state index in [4.69, 9.17) is 11.6 Å². The topological polar surface area (TPSA) is 86.8 Å². The molecular formula is C28H31ClFN3O4S. The predicted molar refractivity (Wildman–Crippen MR) is 147 cm³/mol. The summed E-state index contributed by atoms with van der Waals surface area (Å²) in [5.41, 5.74) is 0.318. The summed E-state index contributed by atoms with van der Waals surface area (Å²) < 4.78 is 43.0. The Balaban J connectivity index is 2.06. The summed E-state index contributed by atoms with van der Waals surface area (Å²) in [6.07, 6.45) is 0.980. The van der Waals surface area contributed by atoms with Gasteiger partial charge in [-0.2, -0.15) is 0 Å². The highest BCUT2D eigenvalue weighted by atomic mass is 35.5. The van der Waals surface area contributed by atoms with E-state index < -0.39 is 34.3 Å². The first-order chi connectivity index (χ1) is 18.2. The Morgan fingerprint density at radius 1 is 0.947 bits per heavy atom. The van der Waals surface area contributed by atoms with Crippen LogP contribution in [0.15, 0.2) is 83.8 Å². The largest absolute Gasteiger partial charge is 0.354 e. The lowest BCUT2D eigenvalue weighted by Crippen LogP contribution is -2.52. The third-order valence-corrected chi connectivity index (χ3v) is 8.11. The number of para-hydroxylation sites is 1. The van der Waals surface area contributed by atoms with Crippen LogP contribution in [-0.4, -0.2) is 44.3 Å². The first-order valence-corrected chi connectivity index (χ1v) is 14.1. The van der Waals surface area contributed by atoms with Gasteiger partial charge in [-0.15, -0.1) is 0 Å². The second-order valence-electron chi connectivity index (χ2n) is 8.60. The molecule has 3 aromatic rings. The van der Waals surface area contributed by atoms with Gasteiger partial charge in [0.2, 0.25) is 11.8 Å². The Kier molecular flexibility index (Phi) is 10.3. The van der Waals surface area contributed by atoms with Crippen LogP contribution in [0, 0.1) is 5.82 Å². The van der Waals surface area contributed by atoms with Crippen LogP contribution in [0.5, 0.6) is 0 Å². The molecule has 0 aromatic heterocycles. The molecule has 0 aliphatic rings. The van der Waals surface area contributed by atoms with Crippen LogP contribution in [0.3, 0.4) is 0 Å². The fourth-order valence-corrected chi connectivity index (χ4v) is 5.62. The number of nitrogens with zero attached hydrogens (tertiary/aromatic N) is 2. The van der Waals surface area contributed by atoms with Crippen molar-refractivity contribution in [3.05, 3.63) is 95.3 Å². The molecule has 0 radical (unpaired) electrons. The van der Waals surface area contributed by atoms with E-state index in [1.165, 1.54) is 35.2 Å². The zero-order valence-electron chi connectivity index (χ0n) is 21.3. The first kappa shape index (κ1) is 29.1. The van der Waals surface area contributed by atoms with Crippen LogP contribution >= 0.6 is 11.6 Å². The van der Waals surface area contributed by atoms with Gasteiger partial charge in [-0.25, -0.2) is 12.8 Å². The summed E-state index contributed by atoms with van der Waals surface area (Å²) >= 11 is 6.36. The fourth-order valence-electron chi connectivity index (χ4n) is 3.98. The van der Waals surface area contributed by atoms with Crippen molar-refractivity contribution in [3.8, 4) is 0 Å². The smallest absolute Gasteiger partial charge is 0.264 e. The number of rotatable bonds is 12. The van der Waals surface area contributed by atoms with Crippen molar-refractivity contribution in [1.29, 1.82) is 0 Å². The number of nitrogens with one attached hydrogen (secondary N) is 1. The molecular weight excluding hydrogens is 529 g/mol. The molecule has 7 nitrogen and oxygen atoms in total. The van der Waals surface area contributed by atoms with E-state index >= 15 is 0 Å². The van der Waals surface area contributed by atoms with Crippen LogP contribution in [-0.2, 0) is 26.2 Å². The number of hydrogen-bond donors (Lipinski definition) is 1. The van der Waals surface area contributed by atoms with E-state index in [2.05, 4.69) is 5.32 Å². The minimum absolute atomic E-state index is 0.0347. The van der Waals surface area contributed by atoms with E-state index in [9.17, 15) is 22.4 Å². The van der Waals surface area contributed by atoms with Gasteiger partial charge in [-0.05, 0) is 48.7 Å². The quantitative estimate of drug-likeness (QED) is 0.338. The van der Waals surface area contributed by atoms with Gasteiger partial charge in [0.25, 0.3) is 10.0 Å². The molecule has 2 amide bonds. The third kappa shape index (κ3) is 6.90. The maximum Gasteiger partial charge on any atom is 0.264 e. The number of carbonyl (C=O) groups excluding carboxylic acids is 2. The summed E-state index contributed by atoms with van der Waals surface area (Å²) in [6, 6.07) is 18.9. The lowest BCUT2D eigenvalue weighted by molar-refractivity contribution is -0.140. The van der Waals surface area contributed by atoms with Crippen LogP contribution < -0.4 is 9.62 Å². The van der Waals surface area contributed by atoms with Crippen LogP contribution in [0.4, 0.5) is 10.1 Å². The van der Waals surface area contributed by atoms with E-state index in [0.29, 0.717) is 23.6 Å². The Bertz CT molecular complexity index is 1350. The first-order valence-electron chi connectivity index (χ1n) is 12.3. The number of halogens is 2. The highest BCUT2D eigenvalue weighted by Crippen LogP contribution is 2.27. The SMILES string of the molecule is CCCNC(=O)[C@@H](CC)N(Cc1ccccc1Cl)C(=O)CN(c1ccccc1F)S(=O)(=O)c1ccccc1. The molecule has 0 heterocycles. The second kappa shape index (κ2) is 13.4. The zero-order chi connectivity index (χ0) is 27.7. The van der Waals surface area contributed by atoms with Gasteiger partial charge in [-0.1, -0.05) is 74.0 Å². The lowest BCUT2D eigenvalue weighted by Gasteiger charge is -2.33. The number of carbonyl (C=O) groups is 2. The number of benzene rings is 3. The van der Waals surface area contributed by atoms with Crippen molar-refractivity contribution in [3.63, 3.8) is 0 Å². The van der Waals surface area contributed by atoms with Gasteiger partial charge in [-0.3, -0.25) is 13.9 Å². The molecule has 3 aromatic carbocycles. The molecule has 0 saturated carbocycles. The summed E-state index contributed by atoms with van der Waals surface area (Å²) in [5, 5.41) is 3.21. The maximum atomic E-state index is 14.9.